The standard InChI is InChI=1S/C13H19NO2/c1-9-6-11(4-5-13(9)15-3)12-8-16-7-10(2)14-12/h4-6,10,12,14H,7-8H2,1-3H3. The Balaban J connectivity index is 2.17. The van der Waals surface area contributed by atoms with E-state index in [2.05, 4.69) is 31.3 Å². The number of aryl methyl sites for hydroxylation is 1. The molecule has 1 fully saturated rings. The minimum absolute atomic E-state index is 0.299. The predicted octanol–water partition coefficient (Wildman–Crippen LogP) is 2.05. The summed E-state index contributed by atoms with van der Waals surface area (Å²) < 4.78 is 10.8. The van der Waals surface area contributed by atoms with Crippen molar-refractivity contribution in [2.75, 3.05) is 20.3 Å². The van der Waals surface area contributed by atoms with Crippen molar-refractivity contribution in [1.82, 2.24) is 5.32 Å². The summed E-state index contributed by atoms with van der Waals surface area (Å²) in [5, 5.41) is 3.53. The molecule has 3 heteroatoms. The quantitative estimate of drug-likeness (QED) is 0.829. The van der Waals surface area contributed by atoms with Crippen LogP contribution in [0.15, 0.2) is 18.2 Å². The van der Waals surface area contributed by atoms with Crippen LogP contribution >= 0.6 is 0 Å². The fraction of sp³-hybridized carbons (Fsp3) is 0.538. The van der Waals surface area contributed by atoms with Crippen LogP contribution in [0.1, 0.15) is 24.1 Å². The molecule has 0 amide bonds. The Hall–Kier alpha value is -1.06. The van der Waals surface area contributed by atoms with Crippen molar-refractivity contribution in [3.63, 3.8) is 0 Å². The molecule has 0 aromatic heterocycles. The third kappa shape index (κ3) is 2.36. The molecule has 1 aromatic rings. The van der Waals surface area contributed by atoms with Gasteiger partial charge in [0, 0.05) is 6.04 Å². The number of morpholine rings is 1. The second kappa shape index (κ2) is 4.85. The summed E-state index contributed by atoms with van der Waals surface area (Å²) in [6.07, 6.45) is 0. The summed E-state index contributed by atoms with van der Waals surface area (Å²) in [7, 11) is 1.70. The molecule has 2 rings (SSSR count). The summed E-state index contributed by atoms with van der Waals surface area (Å²) in [5.41, 5.74) is 2.44. The molecule has 1 aromatic carbocycles. The summed E-state index contributed by atoms with van der Waals surface area (Å²) in [4.78, 5) is 0. The lowest BCUT2D eigenvalue weighted by Crippen LogP contribution is -2.41. The van der Waals surface area contributed by atoms with E-state index in [0.29, 0.717) is 12.1 Å². The third-order valence-corrected chi connectivity index (χ3v) is 2.96. The number of ether oxygens (including phenoxy) is 2. The molecule has 0 spiro atoms. The van der Waals surface area contributed by atoms with Gasteiger partial charge >= 0.3 is 0 Å². The number of benzene rings is 1. The van der Waals surface area contributed by atoms with Gasteiger partial charge in [-0.2, -0.15) is 0 Å². The summed E-state index contributed by atoms with van der Waals surface area (Å²) in [5.74, 6) is 0.938. The molecule has 88 valence electrons. The van der Waals surface area contributed by atoms with Gasteiger partial charge in [-0.25, -0.2) is 0 Å². The van der Waals surface area contributed by atoms with Gasteiger partial charge < -0.3 is 14.8 Å². The van der Waals surface area contributed by atoms with Crippen molar-refractivity contribution >= 4 is 0 Å². The van der Waals surface area contributed by atoms with E-state index < -0.39 is 0 Å². The SMILES string of the molecule is COc1ccc(C2COCC(C)N2)cc1C. The smallest absolute Gasteiger partial charge is 0.121 e. The average Bonchev–Trinajstić information content (AvgIpc) is 2.29. The molecule has 1 saturated heterocycles. The van der Waals surface area contributed by atoms with Gasteiger partial charge in [0.15, 0.2) is 0 Å². The molecule has 1 aliphatic heterocycles. The highest BCUT2D eigenvalue weighted by molar-refractivity contribution is 5.37. The molecule has 1 heterocycles. The first kappa shape index (κ1) is 11.4. The molecule has 0 bridgehead atoms. The van der Waals surface area contributed by atoms with Crippen LogP contribution < -0.4 is 10.1 Å². The zero-order chi connectivity index (χ0) is 11.5. The Kier molecular flexibility index (Phi) is 3.46. The van der Waals surface area contributed by atoms with Gasteiger partial charge in [-0.3, -0.25) is 0 Å². The Morgan fingerprint density at radius 2 is 2.19 bits per heavy atom. The first-order valence-electron chi connectivity index (χ1n) is 5.69. The molecule has 0 aliphatic carbocycles. The summed E-state index contributed by atoms with van der Waals surface area (Å²) in [6.45, 7) is 5.75. The molecule has 16 heavy (non-hydrogen) atoms. The molecule has 2 atom stereocenters. The highest BCUT2D eigenvalue weighted by Gasteiger charge is 2.20. The summed E-state index contributed by atoms with van der Waals surface area (Å²) >= 11 is 0. The predicted molar refractivity (Wildman–Crippen MR) is 63.9 cm³/mol. The second-order valence-corrected chi connectivity index (χ2v) is 4.39. The molecular weight excluding hydrogens is 202 g/mol. The number of methoxy groups -OCH3 is 1. The van der Waals surface area contributed by atoms with Crippen molar-refractivity contribution in [3.8, 4) is 5.75 Å². The Morgan fingerprint density at radius 1 is 1.38 bits per heavy atom. The first-order chi connectivity index (χ1) is 7.70. The van der Waals surface area contributed by atoms with Crippen LogP contribution in [0.2, 0.25) is 0 Å². The van der Waals surface area contributed by atoms with Gasteiger partial charge in [0.25, 0.3) is 0 Å². The molecule has 0 radical (unpaired) electrons. The third-order valence-electron chi connectivity index (χ3n) is 2.96. The van der Waals surface area contributed by atoms with E-state index >= 15 is 0 Å². The lowest BCUT2D eigenvalue weighted by molar-refractivity contribution is 0.0503. The molecule has 1 aliphatic rings. The van der Waals surface area contributed by atoms with Crippen molar-refractivity contribution < 1.29 is 9.47 Å². The first-order valence-corrected chi connectivity index (χ1v) is 5.69. The van der Waals surface area contributed by atoms with Crippen LogP contribution in [0, 0.1) is 6.92 Å². The normalized spacial score (nSPS) is 25.4. The maximum Gasteiger partial charge on any atom is 0.121 e. The largest absolute Gasteiger partial charge is 0.496 e. The minimum Gasteiger partial charge on any atom is -0.496 e. The van der Waals surface area contributed by atoms with Crippen molar-refractivity contribution in [2.24, 2.45) is 0 Å². The molecule has 3 nitrogen and oxygen atoms in total. The fourth-order valence-electron chi connectivity index (χ4n) is 2.11. The molecular formula is C13H19NO2. The van der Waals surface area contributed by atoms with Crippen molar-refractivity contribution in [2.45, 2.75) is 25.9 Å². The monoisotopic (exact) mass is 221 g/mol. The number of nitrogens with one attached hydrogen (secondary N) is 1. The van der Waals surface area contributed by atoms with Crippen LogP contribution in [-0.2, 0) is 4.74 Å². The number of hydrogen-bond donors (Lipinski definition) is 1. The van der Waals surface area contributed by atoms with Gasteiger partial charge in [0.1, 0.15) is 5.75 Å². The van der Waals surface area contributed by atoms with Gasteiger partial charge in [0.05, 0.1) is 26.4 Å². The van der Waals surface area contributed by atoms with E-state index in [-0.39, 0.29) is 0 Å². The van der Waals surface area contributed by atoms with E-state index in [9.17, 15) is 0 Å². The Bertz CT molecular complexity index is 365. The highest BCUT2D eigenvalue weighted by Crippen LogP contribution is 2.24. The van der Waals surface area contributed by atoms with E-state index in [1.165, 1.54) is 11.1 Å². The van der Waals surface area contributed by atoms with E-state index in [1.807, 2.05) is 6.07 Å². The lowest BCUT2D eigenvalue weighted by Gasteiger charge is -2.29. The van der Waals surface area contributed by atoms with Gasteiger partial charge in [0.2, 0.25) is 0 Å². The fourth-order valence-corrected chi connectivity index (χ4v) is 2.11. The maximum absolute atomic E-state index is 5.55. The van der Waals surface area contributed by atoms with Crippen LogP contribution in [0.4, 0.5) is 0 Å². The van der Waals surface area contributed by atoms with Gasteiger partial charge in [-0.1, -0.05) is 12.1 Å². The maximum atomic E-state index is 5.55. The van der Waals surface area contributed by atoms with Gasteiger partial charge in [-0.05, 0) is 31.0 Å². The van der Waals surface area contributed by atoms with Crippen molar-refractivity contribution in [3.05, 3.63) is 29.3 Å². The lowest BCUT2D eigenvalue weighted by atomic mass is 10.0. The van der Waals surface area contributed by atoms with Gasteiger partial charge in [-0.15, -0.1) is 0 Å². The van der Waals surface area contributed by atoms with Crippen molar-refractivity contribution in [1.29, 1.82) is 0 Å². The zero-order valence-corrected chi connectivity index (χ0v) is 10.1. The second-order valence-electron chi connectivity index (χ2n) is 4.39. The highest BCUT2D eigenvalue weighted by atomic mass is 16.5. The zero-order valence-electron chi connectivity index (χ0n) is 10.1. The number of hydrogen-bond acceptors (Lipinski definition) is 3. The van der Waals surface area contributed by atoms with E-state index in [0.717, 1.165) is 19.0 Å². The van der Waals surface area contributed by atoms with E-state index in [4.69, 9.17) is 9.47 Å². The topological polar surface area (TPSA) is 30.5 Å². The minimum atomic E-state index is 0.299. The number of rotatable bonds is 2. The van der Waals surface area contributed by atoms with Crippen LogP contribution in [0.3, 0.4) is 0 Å². The Morgan fingerprint density at radius 3 is 2.81 bits per heavy atom. The summed E-state index contributed by atoms with van der Waals surface area (Å²) in [6, 6.07) is 7.00. The Labute approximate surface area is 96.8 Å². The average molecular weight is 221 g/mol. The van der Waals surface area contributed by atoms with Crippen LogP contribution in [0.25, 0.3) is 0 Å². The molecule has 1 N–H and O–H groups in total. The molecule has 2 unspecified atom stereocenters. The molecule has 0 saturated carbocycles. The van der Waals surface area contributed by atoms with Crippen LogP contribution in [-0.4, -0.2) is 26.4 Å². The van der Waals surface area contributed by atoms with E-state index in [1.54, 1.807) is 7.11 Å². The van der Waals surface area contributed by atoms with Crippen LogP contribution in [0.5, 0.6) is 5.75 Å².